The molecule has 0 radical (unpaired) electrons. The average Bonchev–Trinajstić information content (AvgIpc) is 2.69. The third-order valence-electron chi connectivity index (χ3n) is 1.94. The Balaban J connectivity index is 2.63. The molecule has 0 aliphatic rings. The summed E-state index contributed by atoms with van der Waals surface area (Å²) in [6.07, 6.45) is 4.65. The minimum atomic E-state index is -0.457. The molecule has 2 aromatic heterocycles. The van der Waals surface area contributed by atoms with Crippen molar-refractivity contribution in [2.24, 2.45) is 0 Å². The quantitative estimate of drug-likeness (QED) is 0.548. The van der Waals surface area contributed by atoms with Crippen LogP contribution in [0.4, 0.5) is 5.69 Å². The zero-order chi connectivity index (χ0) is 10.8. The lowest BCUT2D eigenvalue weighted by atomic mass is 10.3. The lowest BCUT2D eigenvalue weighted by molar-refractivity contribution is -0.384. The summed E-state index contributed by atoms with van der Waals surface area (Å²) in [5, 5.41) is 10.8. The van der Waals surface area contributed by atoms with Crippen molar-refractivity contribution in [2.75, 3.05) is 0 Å². The standard InChI is InChI=1S/C9H8N4O2/c1-7-2-3-8(13(14)15)9(11-7)12-5-4-10-6-12/h2-6H,1H3. The van der Waals surface area contributed by atoms with E-state index in [1.165, 1.54) is 17.0 Å². The normalized spacial score (nSPS) is 10.2. The summed E-state index contributed by atoms with van der Waals surface area (Å²) in [6.45, 7) is 1.78. The molecule has 2 rings (SSSR count). The Morgan fingerprint density at radius 1 is 1.47 bits per heavy atom. The molecule has 0 unspecified atom stereocenters. The van der Waals surface area contributed by atoms with Gasteiger partial charge in [-0.25, -0.2) is 9.97 Å². The van der Waals surface area contributed by atoms with E-state index in [0.29, 0.717) is 0 Å². The Morgan fingerprint density at radius 2 is 2.27 bits per heavy atom. The van der Waals surface area contributed by atoms with Crippen LogP contribution in [0.1, 0.15) is 5.69 Å². The molecule has 6 heteroatoms. The molecule has 0 aromatic carbocycles. The molecule has 0 aliphatic carbocycles. The molecule has 2 aromatic rings. The van der Waals surface area contributed by atoms with E-state index in [0.717, 1.165) is 5.69 Å². The van der Waals surface area contributed by atoms with Gasteiger partial charge in [-0.3, -0.25) is 14.7 Å². The van der Waals surface area contributed by atoms with Gasteiger partial charge >= 0.3 is 5.69 Å². The van der Waals surface area contributed by atoms with Gasteiger partial charge in [0.1, 0.15) is 6.33 Å². The van der Waals surface area contributed by atoms with Gasteiger partial charge in [0.25, 0.3) is 0 Å². The maximum atomic E-state index is 10.8. The second-order valence-electron chi connectivity index (χ2n) is 3.02. The van der Waals surface area contributed by atoms with Crippen LogP contribution >= 0.6 is 0 Å². The highest BCUT2D eigenvalue weighted by Crippen LogP contribution is 2.20. The number of hydrogen-bond donors (Lipinski definition) is 0. The van der Waals surface area contributed by atoms with Gasteiger partial charge in [-0.05, 0) is 13.0 Å². The molecule has 0 spiro atoms. The summed E-state index contributed by atoms with van der Waals surface area (Å²) in [5.74, 6) is 0.289. The van der Waals surface area contributed by atoms with E-state index in [-0.39, 0.29) is 11.5 Å². The fourth-order valence-electron chi connectivity index (χ4n) is 1.25. The van der Waals surface area contributed by atoms with Crippen molar-refractivity contribution in [3.05, 3.63) is 46.7 Å². The molecule has 0 bridgehead atoms. The second kappa shape index (κ2) is 3.49. The summed E-state index contributed by atoms with van der Waals surface area (Å²) in [6, 6.07) is 3.05. The number of aromatic nitrogens is 3. The highest BCUT2D eigenvalue weighted by molar-refractivity contribution is 5.47. The maximum absolute atomic E-state index is 10.8. The van der Waals surface area contributed by atoms with Gasteiger partial charge in [-0.1, -0.05) is 0 Å². The Morgan fingerprint density at radius 3 is 2.87 bits per heavy atom. The van der Waals surface area contributed by atoms with Crippen molar-refractivity contribution < 1.29 is 4.92 Å². The topological polar surface area (TPSA) is 73.8 Å². The molecule has 0 atom stereocenters. The van der Waals surface area contributed by atoms with Crippen LogP contribution in [0, 0.1) is 17.0 Å². The molecule has 6 nitrogen and oxygen atoms in total. The van der Waals surface area contributed by atoms with Gasteiger partial charge in [0.15, 0.2) is 0 Å². The van der Waals surface area contributed by atoms with Crippen molar-refractivity contribution in [1.29, 1.82) is 0 Å². The summed E-state index contributed by atoms with van der Waals surface area (Å²) in [5.41, 5.74) is 0.697. The molecule has 0 saturated carbocycles. The molecule has 0 fully saturated rings. The minimum Gasteiger partial charge on any atom is -0.285 e. The predicted molar refractivity (Wildman–Crippen MR) is 52.8 cm³/mol. The van der Waals surface area contributed by atoms with E-state index in [2.05, 4.69) is 9.97 Å². The largest absolute Gasteiger partial charge is 0.312 e. The van der Waals surface area contributed by atoms with Crippen LogP contribution < -0.4 is 0 Å². The Bertz CT molecular complexity index is 493. The molecular weight excluding hydrogens is 196 g/mol. The van der Waals surface area contributed by atoms with E-state index >= 15 is 0 Å². The van der Waals surface area contributed by atoms with Crippen molar-refractivity contribution >= 4 is 5.69 Å². The molecule has 15 heavy (non-hydrogen) atoms. The van der Waals surface area contributed by atoms with Crippen LogP contribution in [0.25, 0.3) is 5.82 Å². The van der Waals surface area contributed by atoms with E-state index in [1.807, 2.05) is 0 Å². The van der Waals surface area contributed by atoms with Crippen LogP contribution in [-0.4, -0.2) is 19.5 Å². The summed E-state index contributed by atoms with van der Waals surface area (Å²) >= 11 is 0. The Hall–Kier alpha value is -2.24. The molecule has 0 amide bonds. The summed E-state index contributed by atoms with van der Waals surface area (Å²) in [4.78, 5) is 18.3. The van der Waals surface area contributed by atoms with Crippen LogP contribution in [0.5, 0.6) is 0 Å². The van der Waals surface area contributed by atoms with E-state index < -0.39 is 4.92 Å². The van der Waals surface area contributed by atoms with Crippen molar-refractivity contribution in [1.82, 2.24) is 14.5 Å². The SMILES string of the molecule is Cc1ccc([N+](=O)[O-])c(-n2ccnc2)n1. The van der Waals surface area contributed by atoms with Gasteiger partial charge in [0.05, 0.1) is 4.92 Å². The van der Waals surface area contributed by atoms with E-state index in [9.17, 15) is 10.1 Å². The number of rotatable bonds is 2. The van der Waals surface area contributed by atoms with Crippen LogP contribution in [0.3, 0.4) is 0 Å². The van der Waals surface area contributed by atoms with E-state index in [1.54, 1.807) is 25.4 Å². The highest BCUT2D eigenvalue weighted by atomic mass is 16.6. The van der Waals surface area contributed by atoms with Crippen LogP contribution in [-0.2, 0) is 0 Å². The third-order valence-corrected chi connectivity index (χ3v) is 1.94. The summed E-state index contributed by atoms with van der Waals surface area (Å²) in [7, 11) is 0. The van der Waals surface area contributed by atoms with Crippen molar-refractivity contribution in [3.8, 4) is 5.82 Å². The first-order chi connectivity index (χ1) is 7.18. The average molecular weight is 204 g/mol. The second-order valence-corrected chi connectivity index (χ2v) is 3.02. The van der Waals surface area contributed by atoms with Crippen molar-refractivity contribution in [3.63, 3.8) is 0 Å². The minimum absolute atomic E-state index is 0.0291. The number of hydrogen-bond acceptors (Lipinski definition) is 4. The van der Waals surface area contributed by atoms with Crippen LogP contribution in [0.2, 0.25) is 0 Å². The molecule has 2 heterocycles. The highest BCUT2D eigenvalue weighted by Gasteiger charge is 2.16. The van der Waals surface area contributed by atoms with Gasteiger partial charge in [-0.15, -0.1) is 0 Å². The van der Waals surface area contributed by atoms with Crippen molar-refractivity contribution in [2.45, 2.75) is 6.92 Å². The van der Waals surface area contributed by atoms with Gasteiger partial charge in [0.2, 0.25) is 5.82 Å². The molecule has 0 aliphatic heterocycles. The first kappa shape index (κ1) is 9.32. The monoisotopic (exact) mass is 204 g/mol. The Kier molecular flexibility index (Phi) is 2.17. The molecule has 0 N–H and O–H groups in total. The number of imidazole rings is 1. The maximum Gasteiger partial charge on any atom is 0.312 e. The summed E-state index contributed by atoms with van der Waals surface area (Å²) < 4.78 is 1.52. The number of nitro groups is 1. The first-order valence-corrected chi connectivity index (χ1v) is 4.29. The van der Waals surface area contributed by atoms with E-state index in [4.69, 9.17) is 0 Å². The van der Waals surface area contributed by atoms with Gasteiger partial charge < -0.3 is 0 Å². The van der Waals surface area contributed by atoms with Gasteiger partial charge in [-0.2, -0.15) is 0 Å². The number of pyridine rings is 1. The fraction of sp³-hybridized carbons (Fsp3) is 0.111. The first-order valence-electron chi connectivity index (χ1n) is 4.29. The lowest BCUT2D eigenvalue weighted by Crippen LogP contribution is -2.02. The molecule has 0 saturated heterocycles. The smallest absolute Gasteiger partial charge is 0.285 e. The zero-order valence-corrected chi connectivity index (χ0v) is 7.99. The molecule has 76 valence electrons. The zero-order valence-electron chi connectivity index (χ0n) is 7.99. The fourth-order valence-corrected chi connectivity index (χ4v) is 1.25. The number of aryl methyl sites for hydroxylation is 1. The molecular formula is C9H8N4O2. The number of nitrogens with zero attached hydrogens (tertiary/aromatic N) is 4. The van der Waals surface area contributed by atoms with Gasteiger partial charge in [0, 0.05) is 24.2 Å². The lowest BCUT2D eigenvalue weighted by Gasteiger charge is -2.02. The Labute approximate surface area is 85.4 Å². The van der Waals surface area contributed by atoms with Crippen LogP contribution in [0.15, 0.2) is 30.9 Å². The predicted octanol–water partition coefficient (Wildman–Crippen LogP) is 1.48. The third kappa shape index (κ3) is 1.69.